The predicted molar refractivity (Wildman–Crippen MR) is 84.5 cm³/mol. The molecule has 2 aromatic carbocycles. The molecule has 1 atom stereocenters. The zero-order valence-corrected chi connectivity index (χ0v) is 12.5. The van der Waals surface area contributed by atoms with Crippen molar-refractivity contribution in [3.63, 3.8) is 0 Å². The maximum atomic E-state index is 10.7. The molecule has 2 aromatic rings. The number of nitro benzene ring substituents is 1. The SMILES string of the molecule is O=[N+]([O-])c1cc(Cl)c(NCC2Cc3ccccc32)c(Cl)c1. The van der Waals surface area contributed by atoms with Crippen LogP contribution < -0.4 is 5.32 Å². The summed E-state index contributed by atoms with van der Waals surface area (Å²) in [7, 11) is 0. The number of hydrogen-bond donors (Lipinski definition) is 1. The fourth-order valence-electron chi connectivity index (χ4n) is 2.60. The minimum absolute atomic E-state index is 0.107. The summed E-state index contributed by atoms with van der Waals surface area (Å²) in [6, 6.07) is 10.9. The first-order valence-corrected chi connectivity index (χ1v) is 7.27. The first-order valence-electron chi connectivity index (χ1n) is 6.51. The number of halogens is 2. The minimum Gasteiger partial charge on any atom is -0.382 e. The lowest BCUT2D eigenvalue weighted by Gasteiger charge is -2.30. The van der Waals surface area contributed by atoms with Crippen LogP contribution in [-0.2, 0) is 6.42 Å². The maximum Gasteiger partial charge on any atom is 0.272 e. The molecule has 0 spiro atoms. The van der Waals surface area contributed by atoms with E-state index < -0.39 is 4.92 Å². The second kappa shape index (κ2) is 5.54. The van der Waals surface area contributed by atoms with E-state index in [1.165, 1.54) is 23.3 Å². The number of nitro groups is 1. The first kappa shape index (κ1) is 14.2. The van der Waals surface area contributed by atoms with Gasteiger partial charge in [-0.2, -0.15) is 0 Å². The fourth-order valence-corrected chi connectivity index (χ4v) is 3.21. The highest BCUT2D eigenvalue weighted by molar-refractivity contribution is 6.39. The van der Waals surface area contributed by atoms with E-state index >= 15 is 0 Å². The highest BCUT2D eigenvalue weighted by Crippen LogP contribution is 2.38. The molecule has 21 heavy (non-hydrogen) atoms. The van der Waals surface area contributed by atoms with Crippen LogP contribution in [0.1, 0.15) is 17.0 Å². The highest BCUT2D eigenvalue weighted by atomic mass is 35.5. The van der Waals surface area contributed by atoms with Crippen molar-refractivity contribution in [2.45, 2.75) is 12.3 Å². The molecule has 1 N–H and O–H groups in total. The van der Waals surface area contributed by atoms with Crippen LogP contribution in [0.2, 0.25) is 10.0 Å². The van der Waals surface area contributed by atoms with Gasteiger partial charge in [-0.15, -0.1) is 0 Å². The van der Waals surface area contributed by atoms with Gasteiger partial charge in [0.25, 0.3) is 5.69 Å². The molecule has 0 amide bonds. The van der Waals surface area contributed by atoms with Gasteiger partial charge in [0.1, 0.15) is 0 Å². The van der Waals surface area contributed by atoms with Crippen molar-refractivity contribution >= 4 is 34.6 Å². The number of nitrogens with zero attached hydrogens (tertiary/aromatic N) is 1. The van der Waals surface area contributed by atoms with Gasteiger partial charge in [0, 0.05) is 24.6 Å². The summed E-state index contributed by atoms with van der Waals surface area (Å²) in [4.78, 5) is 10.2. The number of non-ortho nitro benzene ring substituents is 1. The molecule has 0 bridgehead atoms. The molecular weight excluding hydrogens is 311 g/mol. The number of fused-ring (bicyclic) bond motifs is 1. The van der Waals surface area contributed by atoms with Gasteiger partial charge in [-0.25, -0.2) is 0 Å². The average Bonchev–Trinajstić information content (AvgIpc) is 2.42. The summed E-state index contributed by atoms with van der Waals surface area (Å²) in [5.41, 5.74) is 3.14. The Kier molecular flexibility index (Phi) is 3.74. The van der Waals surface area contributed by atoms with Crippen LogP contribution in [0.5, 0.6) is 0 Å². The second-order valence-corrected chi connectivity index (χ2v) is 5.84. The van der Waals surface area contributed by atoms with Crippen LogP contribution in [0, 0.1) is 10.1 Å². The largest absolute Gasteiger partial charge is 0.382 e. The van der Waals surface area contributed by atoms with Gasteiger partial charge < -0.3 is 5.32 Å². The van der Waals surface area contributed by atoms with Crippen LogP contribution in [0.25, 0.3) is 0 Å². The lowest BCUT2D eigenvalue weighted by Crippen LogP contribution is -2.24. The van der Waals surface area contributed by atoms with E-state index in [-0.39, 0.29) is 15.7 Å². The van der Waals surface area contributed by atoms with E-state index in [1.54, 1.807) is 0 Å². The van der Waals surface area contributed by atoms with Crippen molar-refractivity contribution in [2.24, 2.45) is 0 Å². The Bertz CT molecular complexity index is 696. The van der Waals surface area contributed by atoms with Gasteiger partial charge in [-0.3, -0.25) is 10.1 Å². The molecule has 108 valence electrons. The molecule has 0 aromatic heterocycles. The molecule has 1 aliphatic carbocycles. The molecular formula is C15H12Cl2N2O2. The fraction of sp³-hybridized carbons (Fsp3) is 0.200. The number of hydrogen-bond acceptors (Lipinski definition) is 3. The third-order valence-corrected chi connectivity index (χ3v) is 4.32. The summed E-state index contributed by atoms with van der Waals surface area (Å²) in [5, 5.41) is 14.5. The number of anilines is 1. The topological polar surface area (TPSA) is 55.2 Å². The summed E-state index contributed by atoms with van der Waals surface area (Å²) >= 11 is 12.1. The molecule has 1 unspecified atom stereocenters. The lowest BCUT2D eigenvalue weighted by atomic mass is 9.77. The lowest BCUT2D eigenvalue weighted by molar-refractivity contribution is -0.384. The molecule has 4 nitrogen and oxygen atoms in total. The third-order valence-electron chi connectivity index (χ3n) is 3.72. The molecule has 3 rings (SSSR count). The number of rotatable bonds is 4. The molecule has 0 saturated heterocycles. The molecule has 0 aliphatic heterocycles. The predicted octanol–water partition coefficient (Wildman–Crippen LogP) is 4.65. The van der Waals surface area contributed by atoms with Gasteiger partial charge in [-0.05, 0) is 17.5 Å². The quantitative estimate of drug-likeness (QED) is 0.658. The van der Waals surface area contributed by atoms with Crippen molar-refractivity contribution in [1.29, 1.82) is 0 Å². The third kappa shape index (κ3) is 2.69. The summed E-state index contributed by atoms with van der Waals surface area (Å²) < 4.78 is 0. The molecule has 6 heteroatoms. The Morgan fingerprint density at radius 1 is 1.24 bits per heavy atom. The summed E-state index contributed by atoms with van der Waals surface area (Å²) in [5.74, 6) is 0.420. The number of benzene rings is 2. The Balaban J connectivity index is 1.74. The van der Waals surface area contributed by atoms with Crippen LogP contribution in [0.15, 0.2) is 36.4 Å². The molecule has 1 aliphatic rings. The highest BCUT2D eigenvalue weighted by Gasteiger charge is 2.25. The van der Waals surface area contributed by atoms with Gasteiger partial charge >= 0.3 is 0 Å². The first-order chi connectivity index (χ1) is 10.1. The number of nitrogens with one attached hydrogen (secondary N) is 1. The van der Waals surface area contributed by atoms with Gasteiger partial charge in [-0.1, -0.05) is 47.5 Å². The Morgan fingerprint density at radius 3 is 2.52 bits per heavy atom. The second-order valence-electron chi connectivity index (χ2n) is 5.02. The van der Waals surface area contributed by atoms with E-state index in [1.807, 2.05) is 12.1 Å². The zero-order valence-electron chi connectivity index (χ0n) is 11.0. The van der Waals surface area contributed by atoms with Crippen LogP contribution in [-0.4, -0.2) is 11.5 Å². The molecule has 0 heterocycles. The summed E-state index contributed by atoms with van der Waals surface area (Å²) in [6.45, 7) is 0.703. The molecule has 0 radical (unpaired) electrons. The van der Waals surface area contributed by atoms with E-state index in [4.69, 9.17) is 23.2 Å². The van der Waals surface area contributed by atoms with E-state index in [0.717, 1.165) is 6.42 Å². The van der Waals surface area contributed by atoms with E-state index in [0.29, 0.717) is 18.2 Å². The van der Waals surface area contributed by atoms with Crippen molar-refractivity contribution in [1.82, 2.24) is 0 Å². The van der Waals surface area contributed by atoms with Crippen molar-refractivity contribution in [2.75, 3.05) is 11.9 Å². The van der Waals surface area contributed by atoms with Crippen LogP contribution >= 0.6 is 23.2 Å². The molecule has 0 saturated carbocycles. The van der Waals surface area contributed by atoms with E-state index in [2.05, 4.69) is 17.4 Å². The monoisotopic (exact) mass is 322 g/mol. The minimum atomic E-state index is -0.510. The Labute approximate surface area is 131 Å². The Hall–Kier alpha value is -1.78. The van der Waals surface area contributed by atoms with Crippen molar-refractivity contribution < 1.29 is 4.92 Å². The normalized spacial score (nSPS) is 16.0. The Morgan fingerprint density at radius 2 is 1.90 bits per heavy atom. The van der Waals surface area contributed by atoms with E-state index in [9.17, 15) is 10.1 Å². The van der Waals surface area contributed by atoms with Crippen molar-refractivity contribution in [3.8, 4) is 0 Å². The zero-order chi connectivity index (χ0) is 15.0. The van der Waals surface area contributed by atoms with Crippen molar-refractivity contribution in [3.05, 3.63) is 67.7 Å². The van der Waals surface area contributed by atoms with Gasteiger partial charge in [0.15, 0.2) is 0 Å². The smallest absolute Gasteiger partial charge is 0.272 e. The van der Waals surface area contributed by atoms with Crippen LogP contribution in [0.3, 0.4) is 0 Å². The van der Waals surface area contributed by atoms with Gasteiger partial charge in [0.2, 0.25) is 0 Å². The standard InChI is InChI=1S/C15H12Cl2N2O2/c16-13-6-11(19(20)21)7-14(17)15(13)18-8-10-5-9-3-1-2-4-12(9)10/h1-4,6-7,10,18H,5,8H2. The van der Waals surface area contributed by atoms with Crippen LogP contribution in [0.4, 0.5) is 11.4 Å². The molecule has 0 fully saturated rings. The average molecular weight is 323 g/mol. The van der Waals surface area contributed by atoms with Gasteiger partial charge in [0.05, 0.1) is 20.7 Å². The maximum absolute atomic E-state index is 10.7. The summed E-state index contributed by atoms with van der Waals surface area (Å²) in [6.07, 6.45) is 1.02.